The van der Waals surface area contributed by atoms with E-state index in [9.17, 15) is 4.79 Å². The molecule has 134 valence electrons. The summed E-state index contributed by atoms with van der Waals surface area (Å²) in [4.78, 5) is 23.1. The van der Waals surface area contributed by atoms with Gasteiger partial charge in [-0.25, -0.2) is 9.97 Å². The molecular weight excluding hydrogens is 332 g/mol. The van der Waals surface area contributed by atoms with E-state index in [0.29, 0.717) is 49.1 Å². The van der Waals surface area contributed by atoms with Gasteiger partial charge in [0.1, 0.15) is 17.7 Å². The summed E-state index contributed by atoms with van der Waals surface area (Å²) >= 11 is 0. The van der Waals surface area contributed by atoms with Gasteiger partial charge >= 0.3 is 0 Å². The molecule has 1 aliphatic rings. The van der Waals surface area contributed by atoms with Crippen molar-refractivity contribution >= 4 is 17.5 Å². The molecule has 3 heterocycles. The fraction of sp³-hybridized carbons (Fsp3) is 0.333. The molecule has 1 aliphatic heterocycles. The Morgan fingerprint density at radius 2 is 1.96 bits per heavy atom. The highest BCUT2D eigenvalue weighted by Gasteiger charge is 2.19. The van der Waals surface area contributed by atoms with Crippen LogP contribution in [0.25, 0.3) is 0 Å². The summed E-state index contributed by atoms with van der Waals surface area (Å²) in [6.45, 7) is 3.56. The van der Waals surface area contributed by atoms with Crippen LogP contribution in [0.4, 0.5) is 11.6 Å². The van der Waals surface area contributed by atoms with Crippen molar-refractivity contribution in [2.24, 2.45) is 0 Å². The Labute approximate surface area is 151 Å². The number of anilines is 2. The number of morpholine rings is 1. The first-order valence-electron chi connectivity index (χ1n) is 8.44. The Bertz CT molecular complexity index is 798. The molecule has 8 heteroatoms. The van der Waals surface area contributed by atoms with Crippen molar-refractivity contribution < 1.29 is 9.53 Å². The maximum Gasteiger partial charge on any atom is 0.255 e. The molecule has 0 radical (unpaired) electrons. The van der Waals surface area contributed by atoms with Gasteiger partial charge in [0.2, 0.25) is 0 Å². The lowest BCUT2D eigenvalue weighted by atomic mass is 10.2. The van der Waals surface area contributed by atoms with Gasteiger partial charge < -0.3 is 20.3 Å². The van der Waals surface area contributed by atoms with Gasteiger partial charge in [0.05, 0.1) is 24.3 Å². The summed E-state index contributed by atoms with van der Waals surface area (Å²) in [7, 11) is 0. The first-order chi connectivity index (χ1) is 12.8. The number of nitrogens with zero attached hydrogens (tertiary/aromatic N) is 4. The lowest BCUT2D eigenvalue weighted by Crippen LogP contribution is -2.39. The molecule has 1 saturated heterocycles. The van der Waals surface area contributed by atoms with Gasteiger partial charge in [-0.2, -0.15) is 5.26 Å². The second-order valence-corrected chi connectivity index (χ2v) is 5.67. The molecule has 2 N–H and O–H groups in total. The van der Waals surface area contributed by atoms with Crippen LogP contribution in [0.15, 0.2) is 36.7 Å². The highest BCUT2D eigenvalue weighted by molar-refractivity contribution is 5.98. The molecule has 2 aromatic rings. The van der Waals surface area contributed by atoms with Crippen molar-refractivity contribution in [2.75, 3.05) is 49.6 Å². The van der Waals surface area contributed by atoms with Crippen molar-refractivity contribution in [1.82, 2.24) is 15.3 Å². The Morgan fingerprint density at radius 1 is 1.19 bits per heavy atom. The van der Waals surface area contributed by atoms with Gasteiger partial charge in [0.25, 0.3) is 5.91 Å². The normalized spacial score (nSPS) is 13.7. The highest BCUT2D eigenvalue weighted by Crippen LogP contribution is 2.18. The molecule has 1 fully saturated rings. The van der Waals surface area contributed by atoms with E-state index in [2.05, 4.69) is 31.6 Å². The predicted octanol–water partition coefficient (Wildman–Crippen LogP) is 1.03. The number of aromatic nitrogens is 2. The number of nitrogens with one attached hydrogen (secondary N) is 2. The molecule has 0 atom stereocenters. The first-order valence-corrected chi connectivity index (χ1v) is 8.44. The molecule has 26 heavy (non-hydrogen) atoms. The van der Waals surface area contributed by atoms with E-state index in [1.165, 1.54) is 0 Å². The smallest absolute Gasteiger partial charge is 0.255 e. The topological polar surface area (TPSA) is 103 Å². The van der Waals surface area contributed by atoms with Gasteiger partial charge in [0, 0.05) is 38.6 Å². The number of nitriles is 1. The van der Waals surface area contributed by atoms with Crippen LogP contribution < -0.4 is 15.5 Å². The molecule has 0 aromatic carbocycles. The molecule has 0 aliphatic carbocycles. The van der Waals surface area contributed by atoms with Crippen LogP contribution in [-0.2, 0) is 4.74 Å². The Balaban J connectivity index is 1.56. The number of pyridine rings is 2. The predicted molar refractivity (Wildman–Crippen MR) is 97.0 cm³/mol. The molecule has 8 nitrogen and oxygen atoms in total. The Hall–Kier alpha value is -3.18. The van der Waals surface area contributed by atoms with Gasteiger partial charge in [0.15, 0.2) is 0 Å². The first kappa shape index (κ1) is 17.6. The maximum atomic E-state index is 12.5. The van der Waals surface area contributed by atoms with Crippen molar-refractivity contribution in [3.8, 4) is 6.07 Å². The fourth-order valence-corrected chi connectivity index (χ4v) is 2.69. The summed E-state index contributed by atoms with van der Waals surface area (Å²) in [5, 5.41) is 15.0. The van der Waals surface area contributed by atoms with Crippen LogP contribution in [0, 0.1) is 11.3 Å². The standard InChI is InChI=1S/C18H20N6O2/c19-13-14-3-1-5-20-16(14)21-7-8-23-18(25)15-4-2-6-22-17(15)24-9-11-26-12-10-24/h1-6H,7-12H2,(H,20,21)(H,23,25). The maximum absolute atomic E-state index is 12.5. The van der Waals surface area contributed by atoms with Crippen molar-refractivity contribution in [3.63, 3.8) is 0 Å². The number of hydrogen-bond donors (Lipinski definition) is 2. The quantitative estimate of drug-likeness (QED) is 0.748. The van der Waals surface area contributed by atoms with Crippen LogP contribution in [0.5, 0.6) is 0 Å². The molecule has 3 rings (SSSR count). The average Bonchev–Trinajstić information content (AvgIpc) is 2.72. The van der Waals surface area contributed by atoms with Crippen molar-refractivity contribution in [2.45, 2.75) is 0 Å². The number of carbonyl (C=O) groups excluding carboxylic acids is 1. The zero-order valence-corrected chi connectivity index (χ0v) is 14.3. The third-order valence-electron chi connectivity index (χ3n) is 3.97. The average molecular weight is 352 g/mol. The van der Waals surface area contributed by atoms with Gasteiger partial charge in [-0.3, -0.25) is 4.79 Å². The summed E-state index contributed by atoms with van der Waals surface area (Å²) in [6.07, 6.45) is 3.31. The SMILES string of the molecule is N#Cc1cccnc1NCCNC(=O)c1cccnc1N1CCOCC1. The van der Waals surface area contributed by atoms with Crippen LogP contribution in [0.2, 0.25) is 0 Å². The van der Waals surface area contributed by atoms with E-state index >= 15 is 0 Å². The summed E-state index contributed by atoms with van der Waals surface area (Å²) < 4.78 is 5.35. The lowest BCUT2D eigenvalue weighted by molar-refractivity contribution is 0.0953. The fourth-order valence-electron chi connectivity index (χ4n) is 2.69. The van der Waals surface area contributed by atoms with E-state index in [0.717, 1.165) is 13.1 Å². The zero-order chi connectivity index (χ0) is 18.2. The van der Waals surface area contributed by atoms with E-state index in [1.54, 1.807) is 36.7 Å². The molecule has 0 unspecified atom stereocenters. The number of carbonyl (C=O) groups is 1. The molecule has 0 spiro atoms. The molecule has 0 saturated carbocycles. The van der Waals surface area contributed by atoms with Crippen LogP contribution in [0.1, 0.15) is 15.9 Å². The van der Waals surface area contributed by atoms with E-state index in [4.69, 9.17) is 10.00 Å². The van der Waals surface area contributed by atoms with Crippen LogP contribution in [0.3, 0.4) is 0 Å². The Kier molecular flexibility index (Phi) is 5.96. The second kappa shape index (κ2) is 8.78. The number of ether oxygens (including phenoxy) is 1. The van der Waals surface area contributed by atoms with Gasteiger partial charge in [-0.1, -0.05) is 0 Å². The van der Waals surface area contributed by atoms with Crippen LogP contribution >= 0.6 is 0 Å². The molecular formula is C18H20N6O2. The minimum absolute atomic E-state index is 0.178. The third-order valence-corrected chi connectivity index (χ3v) is 3.97. The minimum Gasteiger partial charge on any atom is -0.378 e. The largest absolute Gasteiger partial charge is 0.378 e. The number of amides is 1. The molecule has 1 amide bonds. The van der Waals surface area contributed by atoms with Crippen LogP contribution in [-0.4, -0.2) is 55.3 Å². The van der Waals surface area contributed by atoms with E-state index in [1.807, 2.05) is 0 Å². The van der Waals surface area contributed by atoms with Gasteiger partial charge in [-0.05, 0) is 24.3 Å². The third kappa shape index (κ3) is 4.26. The molecule has 2 aromatic heterocycles. The summed E-state index contributed by atoms with van der Waals surface area (Å²) in [6, 6.07) is 9.01. The Morgan fingerprint density at radius 3 is 2.77 bits per heavy atom. The van der Waals surface area contributed by atoms with Crippen molar-refractivity contribution in [1.29, 1.82) is 5.26 Å². The second-order valence-electron chi connectivity index (χ2n) is 5.67. The van der Waals surface area contributed by atoms with Gasteiger partial charge in [-0.15, -0.1) is 0 Å². The monoisotopic (exact) mass is 352 g/mol. The number of rotatable bonds is 6. The molecule has 0 bridgehead atoms. The van der Waals surface area contributed by atoms with E-state index in [-0.39, 0.29) is 5.91 Å². The van der Waals surface area contributed by atoms with E-state index < -0.39 is 0 Å². The summed E-state index contributed by atoms with van der Waals surface area (Å²) in [5.74, 6) is 1.01. The lowest BCUT2D eigenvalue weighted by Gasteiger charge is -2.29. The highest BCUT2D eigenvalue weighted by atomic mass is 16.5. The number of hydrogen-bond acceptors (Lipinski definition) is 7. The zero-order valence-electron chi connectivity index (χ0n) is 14.3. The van der Waals surface area contributed by atoms with Crippen molar-refractivity contribution in [3.05, 3.63) is 47.8 Å². The minimum atomic E-state index is -0.178. The summed E-state index contributed by atoms with van der Waals surface area (Å²) in [5.41, 5.74) is 1.02.